The van der Waals surface area contributed by atoms with Gasteiger partial charge in [0, 0.05) is 16.5 Å². The van der Waals surface area contributed by atoms with E-state index in [2.05, 4.69) is 114 Å². The summed E-state index contributed by atoms with van der Waals surface area (Å²) in [6, 6.07) is 46.7. The van der Waals surface area contributed by atoms with E-state index >= 15 is 0 Å². The van der Waals surface area contributed by atoms with Crippen LogP contribution in [0.1, 0.15) is 0 Å². The fraction of sp³-hybridized carbons (Fsp3) is 0. The number of nitrogens with zero attached hydrogens (tertiary/aromatic N) is 1. The van der Waals surface area contributed by atoms with Crippen molar-refractivity contribution in [1.82, 2.24) is 4.57 Å². The Kier molecular flexibility index (Phi) is 5.08. The number of hydrogen-bond donors (Lipinski definition) is 2. The van der Waals surface area contributed by atoms with E-state index in [1.54, 1.807) is 12.1 Å². The van der Waals surface area contributed by atoms with Crippen LogP contribution in [-0.2, 0) is 0 Å². The molecule has 40 heavy (non-hydrogen) atoms. The largest absolute Gasteiger partial charge is 0.488 e. The van der Waals surface area contributed by atoms with Crippen molar-refractivity contribution in [2.75, 3.05) is 0 Å². The molecule has 0 fully saturated rings. The van der Waals surface area contributed by atoms with Crippen LogP contribution in [0.4, 0.5) is 0 Å². The zero-order valence-electron chi connectivity index (χ0n) is 21.6. The highest BCUT2D eigenvalue weighted by Crippen LogP contribution is 2.41. The first-order chi connectivity index (χ1) is 19.7. The highest BCUT2D eigenvalue weighted by Gasteiger charge is 2.17. The highest BCUT2D eigenvalue weighted by atomic mass is 16.4. The summed E-state index contributed by atoms with van der Waals surface area (Å²) in [7, 11) is -1.49. The van der Waals surface area contributed by atoms with Gasteiger partial charge in [0.05, 0.1) is 11.0 Å². The summed E-state index contributed by atoms with van der Waals surface area (Å²) in [5, 5.41) is 29.2. The lowest BCUT2D eigenvalue weighted by Crippen LogP contribution is -2.29. The Morgan fingerprint density at radius 2 is 1.00 bits per heavy atom. The van der Waals surface area contributed by atoms with Crippen molar-refractivity contribution in [1.29, 1.82) is 0 Å². The molecule has 188 valence electrons. The molecular formula is C36H24BNO2. The number of hydrogen-bond acceptors (Lipinski definition) is 2. The van der Waals surface area contributed by atoms with Gasteiger partial charge in [0.1, 0.15) is 0 Å². The molecule has 0 aliphatic carbocycles. The number of rotatable bonds is 3. The molecule has 0 spiro atoms. The standard InChI is InChI=1S/C36H24BNO2/c39-37(40)24-17-19-25(20-18-24)38-34-15-6-5-11-30(34)31-21-16-23(22-35(31)38)26-13-7-14-33-29-9-2-1-8-27(29)28-10-3-4-12-32(28)36(26)33/h1-22,39-40H. The molecular weight excluding hydrogens is 489 g/mol. The molecule has 0 aliphatic heterocycles. The quantitative estimate of drug-likeness (QED) is 0.189. The number of aromatic nitrogens is 1. The molecule has 8 rings (SSSR count). The summed E-state index contributed by atoms with van der Waals surface area (Å²) in [5.41, 5.74) is 6.03. The third kappa shape index (κ3) is 3.34. The Labute approximate surface area is 231 Å². The van der Waals surface area contributed by atoms with E-state index in [1.165, 1.54) is 48.7 Å². The molecule has 2 N–H and O–H groups in total. The number of para-hydroxylation sites is 1. The third-order valence-electron chi connectivity index (χ3n) is 8.20. The van der Waals surface area contributed by atoms with E-state index in [-0.39, 0.29) is 0 Å². The van der Waals surface area contributed by atoms with Crippen molar-refractivity contribution < 1.29 is 10.0 Å². The molecule has 3 nitrogen and oxygen atoms in total. The molecule has 0 aliphatic rings. The Bertz CT molecular complexity index is 2200. The fourth-order valence-corrected chi connectivity index (χ4v) is 6.41. The van der Waals surface area contributed by atoms with Gasteiger partial charge >= 0.3 is 7.12 Å². The summed E-state index contributed by atoms with van der Waals surface area (Å²) in [4.78, 5) is 0. The van der Waals surface area contributed by atoms with Gasteiger partial charge in [-0.15, -0.1) is 0 Å². The average Bonchev–Trinajstić information content (AvgIpc) is 3.34. The first-order valence-electron chi connectivity index (χ1n) is 13.5. The SMILES string of the molecule is OB(O)c1ccc(-n2c3ccccc3c3ccc(-c4cccc5c6ccccc6c6ccccc6c45)cc32)cc1. The maximum Gasteiger partial charge on any atom is 0.488 e. The van der Waals surface area contributed by atoms with Crippen LogP contribution in [-0.4, -0.2) is 21.7 Å². The van der Waals surface area contributed by atoms with Crippen LogP contribution < -0.4 is 5.46 Å². The molecule has 1 aromatic heterocycles. The molecule has 4 heteroatoms. The van der Waals surface area contributed by atoms with Crippen LogP contribution in [0, 0.1) is 0 Å². The summed E-state index contributed by atoms with van der Waals surface area (Å²) < 4.78 is 2.26. The van der Waals surface area contributed by atoms with Gasteiger partial charge in [0.2, 0.25) is 0 Å². The van der Waals surface area contributed by atoms with Crippen LogP contribution in [0.25, 0.3) is 70.9 Å². The molecule has 0 unspecified atom stereocenters. The molecule has 0 atom stereocenters. The second-order valence-electron chi connectivity index (χ2n) is 10.4. The Balaban J connectivity index is 1.45. The molecule has 8 aromatic rings. The molecule has 0 bridgehead atoms. The predicted octanol–water partition coefficient (Wildman–Crippen LogP) is 7.59. The third-order valence-corrected chi connectivity index (χ3v) is 8.20. The topological polar surface area (TPSA) is 45.4 Å². The van der Waals surface area contributed by atoms with Crippen LogP contribution >= 0.6 is 0 Å². The fourth-order valence-electron chi connectivity index (χ4n) is 6.41. The monoisotopic (exact) mass is 513 g/mol. The van der Waals surface area contributed by atoms with Gasteiger partial charge in [-0.25, -0.2) is 0 Å². The molecule has 0 amide bonds. The van der Waals surface area contributed by atoms with E-state index in [0.717, 1.165) is 22.3 Å². The van der Waals surface area contributed by atoms with Gasteiger partial charge in [-0.3, -0.25) is 0 Å². The summed E-state index contributed by atoms with van der Waals surface area (Å²) in [6.45, 7) is 0. The Hall–Kier alpha value is -4.90. The van der Waals surface area contributed by atoms with Crippen LogP contribution in [0.5, 0.6) is 0 Å². The van der Waals surface area contributed by atoms with Gasteiger partial charge in [-0.1, -0.05) is 109 Å². The van der Waals surface area contributed by atoms with Gasteiger partial charge < -0.3 is 14.6 Å². The van der Waals surface area contributed by atoms with Crippen LogP contribution in [0.3, 0.4) is 0 Å². The normalized spacial score (nSPS) is 11.8. The predicted molar refractivity (Wildman–Crippen MR) is 169 cm³/mol. The summed E-state index contributed by atoms with van der Waals surface area (Å²) >= 11 is 0. The van der Waals surface area contributed by atoms with Gasteiger partial charge in [0.15, 0.2) is 0 Å². The van der Waals surface area contributed by atoms with Gasteiger partial charge in [0.25, 0.3) is 0 Å². The minimum Gasteiger partial charge on any atom is -0.423 e. The minimum absolute atomic E-state index is 0.472. The van der Waals surface area contributed by atoms with E-state index in [9.17, 15) is 10.0 Å². The molecule has 0 saturated carbocycles. The zero-order chi connectivity index (χ0) is 26.8. The number of fused-ring (bicyclic) bond motifs is 9. The maximum absolute atomic E-state index is 9.63. The molecule has 1 heterocycles. The second kappa shape index (κ2) is 8.82. The highest BCUT2D eigenvalue weighted by molar-refractivity contribution is 6.58. The van der Waals surface area contributed by atoms with Gasteiger partial charge in [-0.05, 0) is 73.2 Å². The first kappa shape index (κ1) is 23.0. The van der Waals surface area contributed by atoms with E-state index < -0.39 is 7.12 Å². The molecule has 0 radical (unpaired) electrons. The van der Waals surface area contributed by atoms with Crippen molar-refractivity contribution in [3.8, 4) is 16.8 Å². The number of benzene rings is 7. The van der Waals surface area contributed by atoms with Crippen molar-refractivity contribution in [3.05, 3.63) is 133 Å². The lowest BCUT2D eigenvalue weighted by atomic mass is 9.80. The average molecular weight is 513 g/mol. The van der Waals surface area contributed by atoms with Crippen molar-refractivity contribution in [2.45, 2.75) is 0 Å². The van der Waals surface area contributed by atoms with Crippen LogP contribution in [0.15, 0.2) is 133 Å². The first-order valence-corrected chi connectivity index (χ1v) is 13.5. The minimum atomic E-state index is -1.49. The lowest BCUT2D eigenvalue weighted by Gasteiger charge is -2.15. The summed E-state index contributed by atoms with van der Waals surface area (Å²) in [5.74, 6) is 0. The molecule has 0 saturated heterocycles. The maximum atomic E-state index is 9.63. The molecule has 7 aromatic carbocycles. The Morgan fingerprint density at radius 1 is 0.450 bits per heavy atom. The second-order valence-corrected chi connectivity index (χ2v) is 10.4. The van der Waals surface area contributed by atoms with E-state index in [4.69, 9.17) is 0 Å². The van der Waals surface area contributed by atoms with Crippen molar-refractivity contribution >= 4 is 66.7 Å². The smallest absolute Gasteiger partial charge is 0.423 e. The van der Waals surface area contributed by atoms with Crippen LogP contribution in [0.2, 0.25) is 0 Å². The van der Waals surface area contributed by atoms with Crippen molar-refractivity contribution in [3.63, 3.8) is 0 Å². The van der Waals surface area contributed by atoms with E-state index in [0.29, 0.717) is 5.46 Å². The zero-order valence-corrected chi connectivity index (χ0v) is 21.6. The Morgan fingerprint density at radius 3 is 1.68 bits per heavy atom. The van der Waals surface area contributed by atoms with E-state index in [1.807, 2.05) is 12.1 Å². The van der Waals surface area contributed by atoms with Gasteiger partial charge in [-0.2, -0.15) is 0 Å². The summed E-state index contributed by atoms with van der Waals surface area (Å²) in [6.07, 6.45) is 0. The lowest BCUT2D eigenvalue weighted by molar-refractivity contribution is 0.426. The van der Waals surface area contributed by atoms with Crippen molar-refractivity contribution in [2.24, 2.45) is 0 Å².